The standard InChI is InChI=1S/C22H21N5O5S/c1-13-26-27-20(32-13)11-24-22(29)31-12-14-4-6-16-17(10-23)21(33-18(16)9-14)25-19(28)7-5-15-3-2-8-30-15/h2-3,5,7-8,14H,4,6,9,11-12H2,1H3,(H,24,29)(H,25,28)/b7-5+. The lowest BCUT2D eigenvalue weighted by atomic mass is 9.88. The number of carbonyl (C=O) groups is 2. The van der Waals surface area contributed by atoms with Crippen molar-refractivity contribution in [2.24, 2.45) is 5.92 Å². The number of alkyl carbamates (subject to hydrolysis) is 1. The van der Waals surface area contributed by atoms with Crippen LogP contribution in [0.3, 0.4) is 0 Å². The summed E-state index contributed by atoms with van der Waals surface area (Å²) in [7, 11) is 0. The molecule has 3 aromatic heterocycles. The number of carbonyl (C=O) groups excluding carboxylic acids is 2. The van der Waals surface area contributed by atoms with Crippen molar-refractivity contribution in [1.29, 1.82) is 5.26 Å². The molecule has 11 heteroatoms. The summed E-state index contributed by atoms with van der Waals surface area (Å²) in [6.07, 6.45) is 6.03. The minimum absolute atomic E-state index is 0.0996. The number of furan rings is 1. The molecule has 1 unspecified atom stereocenters. The summed E-state index contributed by atoms with van der Waals surface area (Å²) in [5.74, 6) is 1.09. The second kappa shape index (κ2) is 10.1. The van der Waals surface area contributed by atoms with Crippen molar-refractivity contribution in [3.05, 3.63) is 58.0 Å². The summed E-state index contributed by atoms with van der Waals surface area (Å²) in [6, 6.07) is 5.69. The van der Waals surface area contributed by atoms with E-state index in [1.54, 1.807) is 25.1 Å². The van der Waals surface area contributed by atoms with Crippen LogP contribution in [-0.2, 0) is 28.9 Å². The zero-order chi connectivity index (χ0) is 23.2. The fourth-order valence-corrected chi connectivity index (χ4v) is 4.82. The lowest BCUT2D eigenvalue weighted by Crippen LogP contribution is -2.27. The molecule has 0 radical (unpaired) electrons. The predicted molar refractivity (Wildman–Crippen MR) is 118 cm³/mol. The Balaban J connectivity index is 1.31. The van der Waals surface area contributed by atoms with Crippen molar-refractivity contribution in [3.63, 3.8) is 0 Å². The first kappa shape index (κ1) is 22.3. The molecule has 0 bridgehead atoms. The van der Waals surface area contributed by atoms with Gasteiger partial charge in [0.25, 0.3) is 0 Å². The first-order valence-corrected chi connectivity index (χ1v) is 11.1. The van der Waals surface area contributed by atoms with Gasteiger partial charge >= 0.3 is 6.09 Å². The number of hydrogen-bond acceptors (Lipinski definition) is 9. The van der Waals surface area contributed by atoms with Crippen molar-refractivity contribution >= 4 is 34.4 Å². The number of thiophene rings is 1. The van der Waals surface area contributed by atoms with Gasteiger partial charge in [-0.3, -0.25) is 4.79 Å². The Morgan fingerprint density at radius 1 is 1.42 bits per heavy atom. The summed E-state index contributed by atoms with van der Waals surface area (Å²) in [5, 5.41) is 23.0. The molecule has 170 valence electrons. The third-order valence-corrected chi connectivity index (χ3v) is 6.23. The van der Waals surface area contributed by atoms with E-state index in [9.17, 15) is 14.9 Å². The van der Waals surface area contributed by atoms with E-state index >= 15 is 0 Å². The van der Waals surface area contributed by atoms with Gasteiger partial charge in [0.2, 0.25) is 17.7 Å². The Bertz CT molecular complexity index is 1200. The van der Waals surface area contributed by atoms with Gasteiger partial charge in [0, 0.05) is 17.9 Å². The number of nitrogens with zero attached hydrogens (tertiary/aromatic N) is 3. The number of nitriles is 1. The first-order valence-electron chi connectivity index (χ1n) is 10.3. The number of ether oxygens (including phenoxy) is 1. The molecule has 4 rings (SSSR count). The maximum atomic E-state index is 12.3. The molecule has 1 aliphatic carbocycles. The average Bonchev–Trinajstić information content (AvgIpc) is 3.54. The summed E-state index contributed by atoms with van der Waals surface area (Å²) in [6.45, 7) is 2.02. The average molecular weight is 468 g/mol. The number of fused-ring (bicyclic) bond motifs is 1. The van der Waals surface area contributed by atoms with E-state index < -0.39 is 6.09 Å². The number of anilines is 1. The number of rotatable bonds is 7. The molecule has 0 aromatic carbocycles. The summed E-state index contributed by atoms with van der Waals surface area (Å²) in [5.41, 5.74) is 1.46. The fourth-order valence-electron chi connectivity index (χ4n) is 3.50. The molecular formula is C22H21N5O5S. The van der Waals surface area contributed by atoms with E-state index in [0.717, 1.165) is 16.9 Å². The summed E-state index contributed by atoms with van der Waals surface area (Å²) < 4.78 is 15.7. The van der Waals surface area contributed by atoms with Crippen molar-refractivity contribution in [2.75, 3.05) is 11.9 Å². The minimum atomic E-state index is -0.558. The Labute approximate surface area is 193 Å². The van der Waals surface area contributed by atoms with Gasteiger partial charge in [-0.05, 0) is 49.0 Å². The van der Waals surface area contributed by atoms with Crippen LogP contribution in [0, 0.1) is 24.2 Å². The normalized spacial score (nSPS) is 15.1. The molecule has 3 aromatic rings. The SMILES string of the molecule is Cc1nnc(CNC(=O)OCC2CCc3c(sc(NC(=O)/C=C/c4ccco4)c3C#N)C2)o1. The van der Waals surface area contributed by atoms with Crippen LogP contribution in [-0.4, -0.2) is 28.8 Å². The number of amides is 2. The largest absolute Gasteiger partial charge is 0.465 e. The van der Waals surface area contributed by atoms with Crippen LogP contribution in [0.5, 0.6) is 0 Å². The third-order valence-electron chi connectivity index (χ3n) is 5.06. The lowest BCUT2D eigenvalue weighted by Gasteiger charge is -2.21. The number of hydrogen-bond donors (Lipinski definition) is 2. The van der Waals surface area contributed by atoms with Crippen molar-refractivity contribution in [2.45, 2.75) is 32.7 Å². The van der Waals surface area contributed by atoms with E-state index in [1.807, 2.05) is 0 Å². The molecule has 0 aliphatic heterocycles. The Morgan fingerprint density at radius 3 is 3.03 bits per heavy atom. The molecule has 1 atom stereocenters. The third kappa shape index (κ3) is 5.67. The van der Waals surface area contributed by atoms with Crippen LogP contribution < -0.4 is 10.6 Å². The van der Waals surface area contributed by atoms with E-state index in [1.165, 1.54) is 23.7 Å². The molecule has 2 amide bonds. The highest BCUT2D eigenvalue weighted by atomic mass is 32.1. The van der Waals surface area contributed by atoms with Crippen LogP contribution in [0.15, 0.2) is 33.3 Å². The van der Waals surface area contributed by atoms with E-state index in [0.29, 0.717) is 40.9 Å². The molecule has 10 nitrogen and oxygen atoms in total. The topological polar surface area (TPSA) is 143 Å². The zero-order valence-electron chi connectivity index (χ0n) is 17.8. The molecule has 1 aliphatic rings. The zero-order valence-corrected chi connectivity index (χ0v) is 18.6. The first-order chi connectivity index (χ1) is 16.0. The molecule has 33 heavy (non-hydrogen) atoms. The lowest BCUT2D eigenvalue weighted by molar-refractivity contribution is -0.111. The second-order valence-electron chi connectivity index (χ2n) is 7.43. The predicted octanol–water partition coefficient (Wildman–Crippen LogP) is 3.59. The quantitative estimate of drug-likeness (QED) is 0.502. The summed E-state index contributed by atoms with van der Waals surface area (Å²) in [4.78, 5) is 25.3. The smallest absolute Gasteiger partial charge is 0.407 e. The van der Waals surface area contributed by atoms with Crippen molar-refractivity contribution in [3.8, 4) is 6.07 Å². The second-order valence-corrected chi connectivity index (χ2v) is 8.54. The molecule has 2 N–H and O–H groups in total. The highest BCUT2D eigenvalue weighted by Crippen LogP contribution is 2.39. The van der Waals surface area contributed by atoms with Gasteiger partial charge in [-0.2, -0.15) is 5.26 Å². The Morgan fingerprint density at radius 2 is 2.30 bits per heavy atom. The van der Waals surface area contributed by atoms with E-state index in [-0.39, 0.29) is 25.0 Å². The van der Waals surface area contributed by atoms with Crippen LogP contribution in [0.25, 0.3) is 6.08 Å². The maximum absolute atomic E-state index is 12.3. The van der Waals surface area contributed by atoms with Crippen molar-refractivity contribution in [1.82, 2.24) is 15.5 Å². The van der Waals surface area contributed by atoms with E-state index in [2.05, 4.69) is 26.9 Å². The highest BCUT2D eigenvalue weighted by Gasteiger charge is 2.27. The maximum Gasteiger partial charge on any atom is 0.407 e. The monoisotopic (exact) mass is 467 g/mol. The molecule has 3 heterocycles. The van der Waals surface area contributed by atoms with Gasteiger partial charge in [0.1, 0.15) is 16.8 Å². The molecule has 0 spiro atoms. The molecule has 0 saturated heterocycles. The van der Waals surface area contributed by atoms with Gasteiger partial charge in [-0.1, -0.05) is 0 Å². The van der Waals surface area contributed by atoms with Crippen LogP contribution in [0.4, 0.5) is 9.80 Å². The van der Waals surface area contributed by atoms with Crippen LogP contribution >= 0.6 is 11.3 Å². The molecule has 0 saturated carbocycles. The number of nitrogens with one attached hydrogen (secondary N) is 2. The fraction of sp³-hybridized carbons (Fsp3) is 0.318. The minimum Gasteiger partial charge on any atom is -0.465 e. The number of aryl methyl sites for hydroxylation is 1. The van der Waals surface area contributed by atoms with Gasteiger partial charge in [-0.15, -0.1) is 21.5 Å². The van der Waals surface area contributed by atoms with Crippen LogP contribution in [0.2, 0.25) is 0 Å². The van der Waals surface area contributed by atoms with Crippen LogP contribution in [0.1, 0.15) is 40.0 Å². The van der Waals surface area contributed by atoms with Gasteiger partial charge in [0.05, 0.1) is 25.0 Å². The van der Waals surface area contributed by atoms with Gasteiger partial charge < -0.3 is 24.2 Å². The summed E-state index contributed by atoms with van der Waals surface area (Å²) >= 11 is 1.39. The Kier molecular flexibility index (Phi) is 6.85. The van der Waals surface area contributed by atoms with E-state index in [4.69, 9.17) is 13.6 Å². The molecule has 0 fully saturated rings. The van der Waals surface area contributed by atoms with Gasteiger partial charge in [0.15, 0.2) is 0 Å². The number of aromatic nitrogens is 2. The van der Waals surface area contributed by atoms with Gasteiger partial charge in [-0.25, -0.2) is 4.79 Å². The van der Waals surface area contributed by atoms with Crippen molar-refractivity contribution < 1.29 is 23.2 Å². The highest BCUT2D eigenvalue weighted by molar-refractivity contribution is 7.16. The molecular weight excluding hydrogens is 446 g/mol. The Hall–Kier alpha value is -3.91.